The van der Waals surface area contributed by atoms with Gasteiger partial charge in [0.25, 0.3) is 5.91 Å². The second-order valence-electron chi connectivity index (χ2n) is 6.69. The number of nitrogens with zero attached hydrogens (tertiary/aromatic N) is 1. The molecule has 0 aromatic heterocycles. The Balaban J connectivity index is 1.48. The molecule has 0 saturated heterocycles. The van der Waals surface area contributed by atoms with Gasteiger partial charge in [-0.3, -0.25) is 14.4 Å². The topological polar surface area (TPSA) is 109 Å². The molecule has 0 unspecified atom stereocenters. The Hall–Kier alpha value is -4.12. The van der Waals surface area contributed by atoms with Crippen LogP contribution in [-0.2, 0) is 14.4 Å². The number of nitrogens with one attached hydrogen (secondary N) is 3. The Kier molecular flexibility index (Phi) is 8.41. The summed E-state index contributed by atoms with van der Waals surface area (Å²) in [4.78, 5) is 35.7. The van der Waals surface area contributed by atoms with Gasteiger partial charge in [-0.15, -0.1) is 0 Å². The fraction of sp³-hybridized carbons (Fsp3) is 0.0435. The van der Waals surface area contributed by atoms with Crippen LogP contribution >= 0.6 is 15.9 Å². The third-order valence-corrected chi connectivity index (χ3v) is 4.61. The number of carbonyl (C=O) groups excluding carboxylic acids is 3. The average molecular weight is 531 g/mol. The fourth-order valence-corrected chi connectivity index (χ4v) is 2.88. The smallest absolute Gasteiger partial charge is 0.329 e. The number of rotatable bonds is 7. The van der Waals surface area contributed by atoms with Crippen LogP contribution < -0.4 is 20.8 Å². The molecule has 3 N–H and O–H groups in total. The molecule has 0 saturated carbocycles. The van der Waals surface area contributed by atoms with E-state index in [9.17, 15) is 23.2 Å². The molecule has 34 heavy (non-hydrogen) atoms. The summed E-state index contributed by atoms with van der Waals surface area (Å²) in [6.45, 7) is -0.365. The standard InChI is InChI=1S/C23H17BrF2N4O4/c24-15-4-9-20(19(26)11-15)29-21(31)13-34-18-3-1-2-14(10-18)12-27-30-23(33)22(32)28-17-7-5-16(25)6-8-17/h1-12H,13H2,(H,28,32)(H,29,31)(H,30,33)/b27-12-. The highest BCUT2D eigenvalue weighted by atomic mass is 79.9. The van der Waals surface area contributed by atoms with E-state index in [4.69, 9.17) is 4.74 Å². The van der Waals surface area contributed by atoms with Crippen molar-refractivity contribution in [2.45, 2.75) is 0 Å². The number of hydrazone groups is 1. The van der Waals surface area contributed by atoms with Crippen molar-refractivity contribution in [3.63, 3.8) is 0 Å². The minimum Gasteiger partial charge on any atom is -0.484 e. The number of ether oxygens (including phenoxy) is 1. The lowest BCUT2D eigenvalue weighted by Crippen LogP contribution is -2.32. The molecule has 0 bridgehead atoms. The van der Waals surface area contributed by atoms with Gasteiger partial charge in [-0.1, -0.05) is 28.1 Å². The van der Waals surface area contributed by atoms with Crippen LogP contribution in [0, 0.1) is 11.6 Å². The molecular formula is C23H17BrF2N4O4. The maximum absolute atomic E-state index is 13.8. The lowest BCUT2D eigenvalue weighted by Gasteiger charge is -2.09. The van der Waals surface area contributed by atoms with Crippen molar-refractivity contribution < 1.29 is 27.9 Å². The predicted octanol–water partition coefficient (Wildman–Crippen LogP) is 3.83. The van der Waals surface area contributed by atoms with E-state index in [0.29, 0.717) is 15.8 Å². The van der Waals surface area contributed by atoms with Crippen LogP contribution in [0.2, 0.25) is 0 Å². The van der Waals surface area contributed by atoms with Crippen LogP contribution in [-0.4, -0.2) is 30.5 Å². The first kappa shape index (κ1) is 24.5. The molecule has 3 amide bonds. The molecule has 0 fully saturated rings. The molecule has 0 atom stereocenters. The van der Waals surface area contributed by atoms with Crippen molar-refractivity contribution in [1.29, 1.82) is 0 Å². The summed E-state index contributed by atoms with van der Waals surface area (Å²) in [5, 5.41) is 8.41. The molecule has 0 heterocycles. The summed E-state index contributed by atoms with van der Waals surface area (Å²) in [6, 6.07) is 15.6. The van der Waals surface area contributed by atoms with Crippen molar-refractivity contribution in [2.24, 2.45) is 5.10 Å². The lowest BCUT2D eigenvalue weighted by molar-refractivity contribution is -0.136. The van der Waals surface area contributed by atoms with Crippen LogP contribution in [0.25, 0.3) is 0 Å². The number of hydrogen-bond acceptors (Lipinski definition) is 5. The average Bonchev–Trinajstić information content (AvgIpc) is 2.81. The van der Waals surface area contributed by atoms with E-state index < -0.39 is 29.4 Å². The largest absolute Gasteiger partial charge is 0.484 e. The van der Waals surface area contributed by atoms with Crippen molar-refractivity contribution in [3.8, 4) is 5.75 Å². The first-order chi connectivity index (χ1) is 16.3. The maximum atomic E-state index is 13.8. The van der Waals surface area contributed by atoms with Gasteiger partial charge in [0, 0.05) is 10.2 Å². The van der Waals surface area contributed by atoms with E-state index in [0.717, 1.165) is 12.1 Å². The van der Waals surface area contributed by atoms with Gasteiger partial charge >= 0.3 is 11.8 Å². The molecule has 8 nitrogen and oxygen atoms in total. The van der Waals surface area contributed by atoms with E-state index in [-0.39, 0.29) is 18.0 Å². The maximum Gasteiger partial charge on any atom is 0.329 e. The molecule has 0 aliphatic heterocycles. The van der Waals surface area contributed by atoms with Gasteiger partial charge in [0.15, 0.2) is 6.61 Å². The SMILES string of the molecule is O=C(COc1cccc(/C=N\NC(=O)C(=O)Nc2ccc(F)cc2)c1)Nc1ccc(Br)cc1F. The first-order valence-electron chi connectivity index (χ1n) is 9.68. The number of amides is 3. The van der Waals surface area contributed by atoms with Crippen molar-refractivity contribution >= 4 is 51.2 Å². The van der Waals surface area contributed by atoms with Gasteiger partial charge in [0.05, 0.1) is 11.9 Å². The number of hydrogen-bond donors (Lipinski definition) is 3. The summed E-state index contributed by atoms with van der Waals surface area (Å²) >= 11 is 3.14. The van der Waals surface area contributed by atoms with Gasteiger partial charge in [-0.05, 0) is 60.2 Å². The highest BCUT2D eigenvalue weighted by Crippen LogP contribution is 2.19. The molecule has 11 heteroatoms. The Morgan fingerprint density at radius 3 is 2.44 bits per heavy atom. The second-order valence-corrected chi connectivity index (χ2v) is 7.61. The zero-order chi connectivity index (χ0) is 24.5. The summed E-state index contributed by atoms with van der Waals surface area (Å²) in [5.41, 5.74) is 2.86. The van der Waals surface area contributed by atoms with Crippen molar-refractivity contribution in [2.75, 3.05) is 17.2 Å². The molecule has 174 valence electrons. The Labute approximate surface area is 201 Å². The molecule has 3 aromatic carbocycles. The molecule has 3 aromatic rings. The lowest BCUT2D eigenvalue weighted by atomic mass is 10.2. The molecular weight excluding hydrogens is 514 g/mol. The van der Waals surface area contributed by atoms with E-state index in [2.05, 4.69) is 37.1 Å². The Morgan fingerprint density at radius 1 is 0.941 bits per heavy atom. The Bertz CT molecular complexity index is 1240. The van der Waals surface area contributed by atoms with Gasteiger partial charge in [-0.2, -0.15) is 5.10 Å². The summed E-state index contributed by atoms with van der Waals surface area (Å²) in [5.74, 6) is -3.29. The fourth-order valence-electron chi connectivity index (χ4n) is 2.55. The molecule has 0 radical (unpaired) electrons. The molecule has 0 aliphatic rings. The van der Waals surface area contributed by atoms with E-state index in [1.165, 1.54) is 30.5 Å². The van der Waals surface area contributed by atoms with Gasteiger partial charge in [0.1, 0.15) is 17.4 Å². The monoisotopic (exact) mass is 530 g/mol. The molecule has 3 rings (SSSR count). The highest BCUT2D eigenvalue weighted by Gasteiger charge is 2.13. The second kappa shape index (κ2) is 11.7. The van der Waals surface area contributed by atoms with Gasteiger partial charge in [-0.25, -0.2) is 14.2 Å². The molecule has 0 spiro atoms. The minimum absolute atomic E-state index is 0.0249. The van der Waals surface area contributed by atoms with Crippen LogP contribution in [0.5, 0.6) is 5.75 Å². The van der Waals surface area contributed by atoms with Crippen molar-refractivity contribution in [3.05, 3.63) is 88.4 Å². The normalized spacial score (nSPS) is 10.6. The number of benzene rings is 3. The number of carbonyl (C=O) groups is 3. The van der Waals surface area contributed by atoms with E-state index in [1.807, 2.05) is 0 Å². The first-order valence-corrected chi connectivity index (χ1v) is 10.5. The van der Waals surface area contributed by atoms with Gasteiger partial charge in [0.2, 0.25) is 0 Å². The third kappa shape index (κ3) is 7.48. The number of halogens is 3. The van der Waals surface area contributed by atoms with Crippen LogP contribution in [0.15, 0.2) is 76.3 Å². The zero-order valence-electron chi connectivity index (χ0n) is 17.3. The molecule has 0 aliphatic carbocycles. The van der Waals surface area contributed by atoms with E-state index >= 15 is 0 Å². The Morgan fingerprint density at radius 2 is 1.71 bits per heavy atom. The summed E-state index contributed by atoms with van der Waals surface area (Å²) < 4.78 is 32.6. The van der Waals surface area contributed by atoms with E-state index in [1.54, 1.807) is 30.3 Å². The highest BCUT2D eigenvalue weighted by molar-refractivity contribution is 9.10. The van der Waals surface area contributed by atoms with Crippen LogP contribution in [0.4, 0.5) is 20.2 Å². The summed E-state index contributed by atoms with van der Waals surface area (Å²) in [6.07, 6.45) is 1.27. The van der Waals surface area contributed by atoms with Gasteiger partial charge < -0.3 is 15.4 Å². The summed E-state index contributed by atoms with van der Waals surface area (Å²) in [7, 11) is 0. The van der Waals surface area contributed by atoms with Crippen LogP contribution in [0.1, 0.15) is 5.56 Å². The zero-order valence-corrected chi connectivity index (χ0v) is 18.9. The van der Waals surface area contributed by atoms with Crippen molar-refractivity contribution in [1.82, 2.24) is 5.43 Å². The quantitative estimate of drug-likeness (QED) is 0.245. The number of anilines is 2. The third-order valence-electron chi connectivity index (χ3n) is 4.12. The predicted molar refractivity (Wildman–Crippen MR) is 125 cm³/mol. The minimum atomic E-state index is -1.02. The van der Waals surface area contributed by atoms with Crippen LogP contribution in [0.3, 0.4) is 0 Å².